The molecule has 2 N–H and O–H groups in total. The van der Waals surface area contributed by atoms with Gasteiger partial charge < -0.3 is 14.6 Å². The standard InChI is InChI=1S/C19H17NO5S/c21-14(11-24-15-4-2-1-3-5-15)12-25-16-8-6-13(7-9-16)10-17-18(22)20-19(23)26-17/h1-10,14,21H,11-12H2,(H,20,22,23)/t14-/m1/s1. The molecule has 0 aliphatic carbocycles. The number of carbonyl (C=O) groups excluding carboxylic acids is 2. The molecular weight excluding hydrogens is 354 g/mol. The van der Waals surface area contributed by atoms with Gasteiger partial charge in [-0.25, -0.2) is 0 Å². The molecular formula is C19H17NO5S. The van der Waals surface area contributed by atoms with Crippen molar-refractivity contribution >= 4 is 29.0 Å². The highest BCUT2D eigenvalue weighted by atomic mass is 32.2. The van der Waals surface area contributed by atoms with Crippen molar-refractivity contribution in [3.8, 4) is 11.5 Å². The minimum Gasteiger partial charge on any atom is -0.491 e. The predicted molar refractivity (Wildman–Crippen MR) is 99.0 cm³/mol. The highest BCUT2D eigenvalue weighted by Crippen LogP contribution is 2.26. The summed E-state index contributed by atoms with van der Waals surface area (Å²) in [4.78, 5) is 23.0. The third-order valence-corrected chi connectivity index (χ3v) is 4.26. The van der Waals surface area contributed by atoms with Gasteiger partial charge in [-0.2, -0.15) is 0 Å². The van der Waals surface area contributed by atoms with Gasteiger partial charge in [0.25, 0.3) is 11.1 Å². The topological polar surface area (TPSA) is 84.9 Å². The van der Waals surface area contributed by atoms with Crippen LogP contribution in [0.1, 0.15) is 5.56 Å². The fraction of sp³-hybridized carbons (Fsp3) is 0.158. The lowest BCUT2D eigenvalue weighted by Gasteiger charge is -2.13. The lowest BCUT2D eigenvalue weighted by atomic mass is 10.2. The first kappa shape index (κ1) is 18.0. The SMILES string of the molecule is O=C1NC(=O)C(=Cc2ccc(OC[C@H](O)COc3ccccc3)cc2)S1. The zero-order chi connectivity index (χ0) is 18.4. The quantitative estimate of drug-likeness (QED) is 0.728. The number of aliphatic hydroxyl groups excluding tert-OH is 1. The molecule has 2 aromatic rings. The molecule has 1 saturated heterocycles. The van der Waals surface area contributed by atoms with Crippen LogP contribution in [0.4, 0.5) is 4.79 Å². The largest absolute Gasteiger partial charge is 0.491 e. The van der Waals surface area contributed by atoms with Crippen LogP contribution in [0, 0.1) is 0 Å². The van der Waals surface area contributed by atoms with Crippen molar-refractivity contribution in [1.82, 2.24) is 5.32 Å². The number of imide groups is 1. The fourth-order valence-electron chi connectivity index (χ4n) is 2.18. The normalized spacial score (nSPS) is 16.4. The van der Waals surface area contributed by atoms with E-state index in [2.05, 4.69) is 5.32 Å². The zero-order valence-electron chi connectivity index (χ0n) is 13.8. The molecule has 0 bridgehead atoms. The molecule has 1 aliphatic rings. The Morgan fingerprint density at radius 1 is 0.962 bits per heavy atom. The van der Waals surface area contributed by atoms with Crippen LogP contribution >= 0.6 is 11.8 Å². The summed E-state index contributed by atoms with van der Waals surface area (Å²) in [6, 6.07) is 16.2. The maximum atomic E-state index is 11.5. The van der Waals surface area contributed by atoms with Crippen LogP contribution in [0.3, 0.4) is 0 Å². The second-order valence-corrected chi connectivity index (χ2v) is 6.52. The Hall–Kier alpha value is -2.77. The Bertz CT molecular complexity index is 804. The molecule has 26 heavy (non-hydrogen) atoms. The minimum atomic E-state index is -0.762. The summed E-state index contributed by atoms with van der Waals surface area (Å²) in [5.74, 6) is 0.892. The average Bonchev–Trinajstić information content (AvgIpc) is 2.97. The van der Waals surface area contributed by atoms with E-state index in [4.69, 9.17) is 9.47 Å². The number of hydrogen-bond acceptors (Lipinski definition) is 6. The number of carbonyl (C=O) groups is 2. The highest BCUT2D eigenvalue weighted by molar-refractivity contribution is 8.18. The molecule has 0 spiro atoms. The van der Waals surface area contributed by atoms with Gasteiger partial charge in [0.15, 0.2) is 0 Å². The van der Waals surface area contributed by atoms with Crippen LogP contribution in [0.25, 0.3) is 6.08 Å². The van der Waals surface area contributed by atoms with E-state index >= 15 is 0 Å². The molecule has 1 heterocycles. The summed E-state index contributed by atoms with van der Waals surface area (Å²) in [6.45, 7) is 0.231. The first-order valence-corrected chi connectivity index (χ1v) is 8.75. The van der Waals surface area contributed by atoms with Crippen LogP contribution in [0.5, 0.6) is 11.5 Å². The molecule has 3 rings (SSSR count). The third kappa shape index (κ3) is 5.11. The smallest absolute Gasteiger partial charge is 0.290 e. The summed E-state index contributed by atoms with van der Waals surface area (Å²) >= 11 is 0.874. The van der Waals surface area contributed by atoms with Crippen LogP contribution in [0.15, 0.2) is 59.5 Å². The summed E-state index contributed by atoms with van der Waals surface area (Å²) in [6.07, 6.45) is 0.874. The van der Waals surface area contributed by atoms with Crippen LogP contribution < -0.4 is 14.8 Å². The number of hydrogen-bond donors (Lipinski definition) is 2. The van der Waals surface area contributed by atoms with Crippen molar-refractivity contribution in [3.63, 3.8) is 0 Å². The Morgan fingerprint density at radius 3 is 2.15 bits per heavy atom. The zero-order valence-corrected chi connectivity index (χ0v) is 14.6. The number of para-hydroxylation sites is 1. The summed E-state index contributed by atoms with van der Waals surface area (Å²) in [5, 5.41) is 11.8. The van der Waals surface area contributed by atoms with Gasteiger partial charge in [-0.1, -0.05) is 30.3 Å². The lowest BCUT2D eigenvalue weighted by molar-refractivity contribution is -0.115. The van der Waals surface area contributed by atoms with E-state index in [1.54, 1.807) is 30.3 Å². The second kappa shape index (κ2) is 8.55. The number of benzene rings is 2. The molecule has 1 aliphatic heterocycles. The lowest BCUT2D eigenvalue weighted by Crippen LogP contribution is -2.25. The van der Waals surface area contributed by atoms with Gasteiger partial charge in [0.05, 0.1) is 4.91 Å². The van der Waals surface area contributed by atoms with Crippen LogP contribution in [-0.4, -0.2) is 35.6 Å². The highest BCUT2D eigenvalue weighted by Gasteiger charge is 2.24. The number of thioether (sulfide) groups is 1. The van der Waals surface area contributed by atoms with E-state index in [1.165, 1.54) is 0 Å². The molecule has 134 valence electrons. The maximum absolute atomic E-state index is 11.5. The minimum absolute atomic E-state index is 0.0973. The van der Waals surface area contributed by atoms with Gasteiger partial charge in [-0.05, 0) is 47.7 Å². The Kier molecular flexibility index (Phi) is 5.93. The number of nitrogens with one attached hydrogen (secondary N) is 1. The summed E-state index contributed by atoms with van der Waals surface area (Å²) in [7, 11) is 0. The van der Waals surface area contributed by atoms with Crippen molar-refractivity contribution in [2.24, 2.45) is 0 Å². The van der Waals surface area contributed by atoms with Gasteiger partial charge in [0.2, 0.25) is 0 Å². The van der Waals surface area contributed by atoms with Gasteiger partial charge in [0.1, 0.15) is 30.8 Å². The van der Waals surface area contributed by atoms with E-state index in [1.807, 2.05) is 30.3 Å². The van der Waals surface area contributed by atoms with Crippen LogP contribution in [-0.2, 0) is 4.79 Å². The Balaban J connectivity index is 1.47. The molecule has 1 atom stereocenters. The Morgan fingerprint density at radius 2 is 1.58 bits per heavy atom. The molecule has 1 fully saturated rings. The second-order valence-electron chi connectivity index (χ2n) is 5.51. The number of ether oxygens (including phenoxy) is 2. The van der Waals surface area contributed by atoms with E-state index in [0.717, 1.165) is 17.3 Å². The first-order chi connectivity index (χ1) is 12.6. The van der Waals surface area contributed by atoms with Crippen molar-refractivity contribution in [2.45, 2.75) is 6.10 Å². The molecule has 6 nitrogen and oxygen atoms in total. The maximum Gasteiger partial charge on any atom is 0.290 e. The first-order valence-electron chi connectivity index (χ1n) is 7.94. The molecule has 7 heteroatoms. The van der Waals surface area contributed by atoms with Crippen molar-refractivity contribution < 1.29 is 24.2 Å². The van der Waals surface area contributed by atoms with E-state index < -0.39 is 6.10 Å². The molecule has 2 aromatic carbocycles. The molecule has 0 radical (unpaired) electrons. The Labute approximate surface area is 154 Å². The predicted octanol–water partition coefficient (Wildman–Crippen LogP) is 2.83. The van der Waals surface area contributed by atoms with E-state index in [0.29, 0.717) is 16.4 Å². The average molecular weight is 371 g/mol. The monoisotopic (exact) mass is 371 g/mol. The van der Waals surface area contributed by atoms with Gasteiger partial charge in [-0.3, -0.25) is 14.9 Å². The van der Waals surface area contributed by atoms with Gasteiger partial charge >= 0.3 is 0 Å². The van der Waals surface area contributed by atoms with Gasteiger partial charge in [0, 0.05) is 0 Å². The molecule has 0 aromatic heterocycles. The number of rotatable bonds is 7. The molecule has 2 amide bonds. The van der Waals surface area contributed by atoms with Gasteiger partial charge in [-0.15, -0.1) is 0 Å². The van der Waals surface area contributed by atoms with E-state index in [9.17, 15) is 14.7 Å². The van der Waals surface area contributed by atoms with Crippen molar-refractivity contribution in [3.05, 3.63) is 65.1 Å². The number of amides is 2. The fourth-order valence-corrected chi connectivity index (χ4v) is 2.86. The van der Waals surface area contributed by atoms with E-state index in [-0.39, 0.29) is 24.4 Å². The summed E-state index contributed by atoms with van der Waals surface area (Å²) in [5.41, 5.74) is 0.776. The molecule has 0 unspecified atom stereocenters. The van der Waals surface area contributed by atoms with Crippen molar-refractivity contribution in [1.29, 1.82) is 0 Å². The third-order valence-electron chi connectivity index (χ3n) is 3.45. The summed E-state index contributed by atoms with van der Waals surface area (Å²) < 4.78 is 11.0. The van der Waals surface area contributed by atoms with Crippen LogP contribution in [0.2, 0.25) is 0 Å². The number of aliphatic hydroxyl groups is 1. The molecule has 0 saturated carbocycles. The van der Waals surface area contributed by atoms with Crippen molar-refractivity contribution in [2.75, 3.05) is 13.2 Å².